The van der Waals surface area contributed by atoms with Crippen LogP contribution in [-0.2, 0) is 4.74 Å². The molecule has 1 aliphatic heterocycles. The van der Waals surface area contributed by atoms with Gasteiger partial charge in [0, 0.05) is 18.7 Å². The second-order valence-electron chi connectivity index (χ2n) is 3.40. The third kappa shape index (κ3) is 2.50. The van der Waals surface area contributed by atoms with Gasteiger partial charge in [-0.05, 0) is 18.2 Å². The molecule has 1 aromatic carbocycles. The van der Waals surface area contributed by atoms with Crippen LogP contribution in [0.15, 0.2) is 29.3 Å². The summed E-state index contributed by atoms with van der Waals surface area (Å²) in [5, 5.41) is 11.8. The number of ether oxygens (including phenoxy) is 1. The monoisotopic (exact) mass is 220 g/mol. The second-order valence-corrected chi connectivity index (χ2v) is 3.40. The van der Waals surface area contributed by atoms with Gasteiger partial charge in [-0.2, -0.15) is 0 Å². The molecule has 2 N–H and O–H groups in total. The Morgan fingerprint density at radius 2 is 2.38 bits per heavy atom. The number of hydrogen-bond acceptors (Lipinski definition) is 4. The summed E-state index contributed by atoms with van der Waals surface area (Å²) < 4.78 is 5.27. The highest BCUT2D eigenvalue weighted by Crippen LogP contribution is 2.11. The van der Waals surface area contributed by atoms with E-state index in [9.17, 15) is 4.79 Å². The zero-order chi connectivity index (χ0) is 11.4. The molecule has 0 bridgehead atoms. The Bertz CT molecular complexity index is 429. The molecule has 1 heterocycles. The summed E-state index contributed by atoms with van der Waals surface area (Å²) >= 11 is 0. The number of hydrogen-bond donors (Lipinski definition) is 2. The SMILES string of the molecule is O=C(O)c1cccc(NC2=NCCCO2)c1. The zero-order valence-electron chi connectivity index (χ0n) is 8.64. The second kappa shape index (κ2) is 4.65. The van der Waals surface area contributed by atoms with Crippen LogP contribution in [0.3, 0.4) is 0 Å². The number of aliphatic imine (C=N–C) groups is 1. The van der Waals surface area contributed by atoms with Crippen LogP contribution in [0.1, 0.15) is 16.8 Å². The van der Waals surface area contributed by atoms with Crippen LogP contribution in [0.5, 0.6) is 0 Å². The number of anilines is 1. The summed E-state index contributed by atoms with van der Waals surface area (Å²) in [6.07, 6.45) is 0.917. The smallest absolute Gasteiger partial charge is 0.335 e. The molecule has 0 saturated heterocycles. The molecule has 0 spiro atoms. The molecule has 0 atom stereocenters. The van der Waals surface area contributed by atoms with Crippen molar-refractivity contribution in [3.05, 3.63) is 29.8 Å². The minimum Gasteiger partial charge on any atom is -0.478 e. The number of benzene rings is 1. The Morgan fingerprint density at radius 1 is 1.50 bits per heavy atom. The maximum Gasteiger partial charge on any atom is 0.335 e. The summed E-state index contributed by atoms with van der Waals surface area (Å²) in [4.78, 5) is 14.9. The van der Waals surface area contributed by atoms with E-state index >= 15 is 0 Å². The minimum absolute atomic E-state index is 0.237. The Balaban J connectivity index is 2.12. The van der Waals surface area contributed by atoms with E-state index in [-0.39, 0.29) is 5.56 Å². The maximum atomic E-state index is 10.8. The first-order valence-electron chi connectivity index (χ1n) is 5.03. The molecule has 0 radical (unpaired) electrons. The van der Waals surface area contributed by atoms with Crippen LogP contribution in [0.2, 0.25) is 0 Å². The highest BCUT2D eigenvalue weighted by atomic mass is 16.5. The molecule has 5 heteroatoms. The van der Waals surface area contributed by atoms with E-state index in [1.165, 1.54) is 6.07 Å². The van der Waals surface area contributed by atoms with Gasteiger partial charge in [0.2, 0.25) is 0 Å². The molecule has 1 aromatic rings. The molecule has 0 aromatic heterocycles. The predicted molar refractivity (Wildman–Crippen MR) is 59.9 cm³/mol. The number of amidine groups is 1. The van der Waals surface area contributed by atoms with Crippen molar-refractivity contribution < 1.29 is 14.6 Å². The normalized spacial score (nSPS) is 14.9. The number of carboxylic acid groups (broad SMARTS) is 1. The van der Waals surface area contributed by atoms with Gasteiger partial charge in [-0.15, -0.1) is 0 Å². The lowest BCUT2D eigenvalue weighted by Gasteiger charge is -2.15. The van der Waals surface area contributed by atoms with Gasteiger partial charge in [0.1, 0.15) is 0 Å². The van der Waals surface area contributed by atoms with Crippen molar-refractivity contribution in [2.24, 2.45) is 4.99 Å². The molecule has 2 rings (SSSR count). The van der Waals surface area contributed by atoms with Crippen molar-refractivity contribution in [3.8, 4) is 0 Å². The van der Waals surface area contributed by atoms with Crippen molar-refractivity contribution in [2.75, 3.05) is 18.5 Å². The van der Waals surface area contributed by atoms with Crippen LogP contribution < -0.4 is 5.32 Å². The lowest BCUT2D eigenvalue weighted by molar-refractivity contribution is 0.0697. The first-order valence-corrected chi connectivity index (χ1v) is 5.03. The van der Waals surface area contributed by atoms with Gasteiger partial charge in [-0.25, -0.2) is 9.79 Å². The van der Waals surface area contributed by atoms with Crippen molar-refractivity contribution in [2.45, 2.75) is 6.42 Å². The highest BCUT2D eigenvalue weighted by Gasteiger charge is 2.08. The highest BCUT2D eigenvalue weighted by molar-refractivity contribution is 5.93. The van der Waals surface area contributed by atoms with E-state index in [2.05, 4.69) is 10.3 Å². The summed E-state index contributed by atoms with van der Waals surface area (Å²) in [6.45, 7) is 1.38. The Kier molecular flexibility index (Phi) is 3.05. The van der Waals surface area contributed by atoms with Crippen molar-refractivity contribution in [3.63, 3.8) is 0 Å². The van der Waals surface area contributed by atoms with Crippen LogP contribution in [-0.4, -0.2) is 30.2 Å². The molecule has 0 aliphatic carbocycles. The van der Waals surface area contributed by atoms with E-state index in [0.29, 0.717) is 18.3 Å². The third-order valence-corrected chi connectivity index (χ3v) is 2.16. The van der Waals surface area contributed by atoms with Gasteiger partial charge in [0.05, 0.1) is 12.2 Å². The average molecular weight is 220 g/mol. The number of nitrogens with one attached hydrogen (secondary N) is 1. The van der Waals surface area contributed by atoms with E-state index in [1.54, 1.807) is 18.2 Å². The van der Waals surface area contributed by atoms with Gasteiger partial charge in [0.15, 0.2) is 0 Å². The Morgan fingerprint density at radius 3 is 3.06 bits per heavy atom. The van der Waals surface area contributed by atoms with Crippen LogP contribution in [0, 0.1) is 0 Å². The lowest BCUT2D eigenvalue weighted by atomic mass is 10.2. The van der Waals surface area contributed by atoms with Gasteiger partial charge in [-0.3, -0.25) is 0 Å². The van der Waals surface area contributed by atoms with Crippen molar-refractivity contribution in [1.29, 1.82) is 0 Å². The zero-order valence-corrected chi connectivity index (χ0v) is 8.64. The first kappa shape index (κ1) is 10.5. The largest absolute Gasteiger partial charge is 0.478 e. The fraction of sp³-hybridized carbons (Fsp3) is 0.273. The Labute approximate surface area is 92.8 Å². The van der Waals surface area contributed by atoms with E-state index in [1.807, 2.05) is 0 Å². The number of carbonyl (C=O) groups is 1. The lowest BCUT2D eigenvalue weighted by Crippen LogP contribution is -2.21. The van der Waals surface area contributed by atoms with E-state index < -0.39 is 5.97 Å². The van der Waals surface area contributed by atoms with Crippen molar-refractivity contribution in [1.82, 2.24) is 0 Å². The van der Waals surface area contributed by atoms with E-state index in [4.69, 9.17) is 9.84 Å². The maximum absolute atomic E-state index is 10.8. The minimum atomic E-state index is -0.949. The molecule has 0 unspecified atom stereocenters. The summed E-state index contributed by atoms with van der Waals surface area (Å²) in [7, 11) is 0. The van der Waals surface area contributed by atoms with Crippen LogP contribution in [0.4, 0.5) is 5.69 Å². The van der Waals surface area contributed by atoms with Crippen LogP contribution in [0.25, 0.3) is 0 Å². The molecule has 16 heavy (non-hydrogen) atoms. The summed E-state index contributed by atoms with van der Waals surface area (Å²) in [6, 6.07) is 6.98. The summed E-state index contributed by atoms with van der Waals surface area (Å²) in [5.74, 6) is -0.949. The standard InChI is InChI=1S/C11H12N2O3/c14-10(15)8-3-1-4-9(7-8)13-11-12-5-2-6-16-11/h1,3-4,7H,2,5-6H2,(H,12,13)(H,14,15). The average Bonchev–Trinajstić information content (AvgIpc) is 2.30. The predicted octanol–water partition coefficient (Wildman–Crippen LogP) is 1.57. The van der Waals surface area contributed by atoms with Gasteiger partial charge in [-0.1, -0.05) is 6.07 Å². The molecule has 1 aliphatic rings. The van der Waals surface area contributed by atoms with E-state index in [0.717, 1.165) is 13.0 Å². The molecule has 84 valence electrons. The summed E-state index contributed by atoms with van der Waals surface area (Å²) in [5.41, 5.74) is 0.905. The van der Waals surface area contributed by atoms with Crippen LogP contribution >= 0.6 is 0 Å². The molecule has 5 nitrogen and oxygen atoms in total. The van der Waals surface area contributed by atoms with Gasteiger partial charge in [0.25, 0.3) is 6.02 Å². The third-order valence-electron chi connectivity index (χ3n) is 2.16. The number of nitrogens with zero attached hydrogens (tertiary/aromatic N) is 1. The topological polar surface area (TPSA) is 70.9 Å². The number of aromatic carboxylic acids is 1. The molecule has 0 saturated carbocycles. The molecule has 0 fully saturated rings. The molecule has 0 amide bonds. The fourth-order valence-corrected chi connectivity index (χ4v) is 1.39. The quantitative estimate of drug-likeness (QED) is 0.793. The molecular weight excluding hydrogens is 208 g/mol. The Hall–Kier alpha value is -2.04. The van der Waals surface area contributed by atoms with Gasteiger partial charge < -0.3 is 15.2 Å². The number of rotatable bonds is 2. The fourth-order valence-electron chi connectivity index (χ4n) is 1.39. The van der Waals surface area contributed by atoms with Crippen molar-refractivity contribution >= 4 is 17.7 Å². The van der Waals surface area contributed by atoms with Gasteiger partial charge >= 0.3 is 5.97 Å². The first-order chi connectivity index (χ1) is 7.75. The molecular formula is C11H12N2O3. The number of carboxylic acids is 1.